The van der Waals surface area contributed by atoms with Crippen molar-refractivity contribution in [2.75, 3.05) is 37.6 Å². The molecule has 0 bridgehead atoms. The van der Waals surface area contributed by atoms with Gasteiger partial charge in [-0.15, -0.1) is 0 Å². The fourth-order valence-electron chi connectivity index (χ4n) is 3.50. The van der Waals surface area contributed by atoms with Gasteiger partial charge in [0.05, 0.1) is 0 Å². The Morgan fingerprint density at radius 2 is 2.19 bits per heavy atom. The van der Waals surface area contributed by atoms with Crippen LogP contribution in [0.25, 0.3) is 0 Å². The Morgan fingerprint density at radius 3 is 3.00 bits per heavy atom. The topological polar surface area (TPSA) is 18.5 Å². The second-order valence-corrected chi connectivity index (χ2v) is 7.08. The van der Waals surface area contributed by atoms with Crippen LogP contribution < -0.4 is 10.2 Å². The van der Waals surface area contributed by atoms with E-state index in [2.05, 4.69) is 56.2 Å². The van der Waals surface area contributed by atoms with Crippen LogP contribution in [0.5, 0.6) is 0 Å². The molecule has 2 aliphatic rings. The maximum atomic E-state index is 3.75. The van der Waals surface area contributed by atoms with Crippen LogP contribution in [0.4, 0.5) is 5.69 Å². The summed E-state index contributed by atoms with van der Waals surface area (Å²) in [5, 5.41) is 3.47. The average Bonchev–Trinajstić information content (AvgIpc) is 2.96. The van der Waals surface area contributed by atoms with Crippen molar-refractivity contribution in [1.82, 2.24) is 10.2 Å². The van der Waals surface area contributed by atoms with E-state index >= 15 is 0 Å². The van der Waals surface area contributed by atoms with Gasteiger partial charge in [-0.1, -0.05) is 28.9 Å². The zero-order chi connectivity index (χ0) is 14.7. The van der Waals surface area contributed by atoms with Gasteiger partial charge in [0.15, 0.2) is 0 Å². The minimum Gasteiger partial charge on any atom is -0.369 e. The van der Waals surface area contributed by atoms with Crippen molar-refractivity contribution in [2.45, 2.75) is 38.8 Å². The lowest BCUT2D eigenvalue weighted by atomic mass is 10.1. The molecular weight excluding hydrogens is 326 g/mol. The summed E-state index contributed by atoms with van der Waals surface area (Å²) in [5.74, 6) is 0. The highest BCUT2D eigenvalue weighted by Gasteiger charge is 2.30. The van der Waals surface area contributed by atoms with Gasteiger partial charge < -0.3 is 10.2 Å². The smallest absolute Gasteiger partial charge is 0.0378 e. The molecule has 0 saturated carbocycles. The van der Waals surface area contributed by atoms with Gasteiger partial charge in [-0.05, 0) is 50.0 Å². The van der Waals surface area contributed by atoms with Gasteiger partial charge in [-0.25, -0.2) is 0 Å². The largest absolute Gasteiger partial charge is 0.369 e. The minimum atomic E-state index is 0.781. The van der Waals surface area contributed by atoms with Crippen molar-refractivity contribution >= 4 is 21.6 Å². The van der Waals surface area contributed by atoms with Gasteiger partial charge in [-0.2, -0.15) is 0 Å². The lowest BCUT2D eigenvalue weighted by molar-refractivity contribution is 0.231. The third kappa shape index (κ3) is 3.61. The van der Waals surface area contributed by atoms with Crippen molar-refractivity contribution in [3.8, 4) is 0 Å². The Labute approximate surface area is 136 Å². The van der Waals surface area contributed by atoms with Crippen molar-refractivity contribution in [3.63, 3.8) is 0 Å². The fourth-order valence-corrected chi connectivity index (χ4v) is 4.01. The number of nitrogens with zero attached hydrogens (tertiary/aromatic N) is 2. The Hall–Kier alpha value is -0.580. The quantitative estimate of drug-likeness (QED) is 0.821. The maximum Gasteiger partial charge on any atom is 0.0378 e. The van der Waals surface area contributed by atoms with Gasteiger partial charge in [0.25, 0.3) is 0 Å². The molecule has 1 N–H and O–H groups in total. The van der Waals surface area contributed by atoms with Crippen molar-refractivity contribution < 1.29 is 0 Å². The molecule has 0 radical (unpaired) electrons. The highest BCUT2D eigenvalue weighted by molar-refractivity contribution is 9.10. The summed E-state index contributed by atoms with van der Waals surface area (Å²) in [6.07, 6.45) is 3.93. The second kappa shape index (κ2) is 7.12. The molecule has 2 saturated heterocycles. The second-order valence-electron chi connectivity index (χ2n) is 6.23. The van der Waals surface area contributed by atoms with E-state index < -0.39 is 0 Å². The van der Waals surface area contributed by atoms with Crippen LogP contribution in [-0.2, 0) is 6.54 Å². The predicted molar refractivity (Wildman–Crippen MR) is 92.9 cm³/mol. The van der Waals surface area contributed by atoms with Crippen LogP contribution in [0.2, 0.25) is 0 Å². The van der Waals surface area contributed by atoms with Gasteiger partial charge in [0.1, 0.15) is 0 Å². The fraction of sp³-hybridized carbons (Fsp3) is 0.647. The maximum absolute atomic E-state index is 3.75. The molecule has 0 spiro atoms. The average molecular weight is 352 g/mol. The van der Waals surface area contributed by atoms with Crippen LogP contribution in [0, 0.1) is 0 Å². The molecule has 1 atom stereocenters. The standard InChI is InChI=1S/C17H26BrN3/c1-2-7-19-12-14-5-6-15(11-17(14)18)21-10-9-20-8-3-4-16(20)13-21/h5-6,11,16,19H,2-4,7-10,12-13H2,1H3. The van der Waals surface area contributed by atoms with Gasteiger partial charge in [0, 0.05) is 42.4 Å². The molecular formula is C17H26BrN3. The van der Waals surface area contributed by atoms with E-state index in [-0.39, 0.29) is 0 Å². The number of anilines is 1. The minimum absolute atomic E-state index is 0.781. The normalized spacial score (nSPS) is 22.6. The number of halogens is 1. The number of benzene rings is 1. The van der Waals surface area contributed by atoms with Gasteiger partial charge in [-0.3, -0.25) is 4.90 Å². The van der Waals surface area contributed by atoms with Crippen LogP contribution in [0.1, 0.15) is 31.7 Å². The molecule has 4 heteroatoms. The lowest BCUT2D eigenvalue weighted by Crippen LogP contribution is -2.50. The van der Waals surface area contributed by atoms with E-state index in [1.807, 2.05) is 0 Å². The molecule has 0 aromatic heterocycles. The Balaban J connectivity index is 1.64. The van der Waals surface area contributed by atoms with E-state index in [0.29, 0.717) is 0 Å². The van der Waals surface area contributed by atoms with Gasteiger partial charge >= 0.3 is 0 Å². The van der Waals surface area contributed by atoms with Crippen LogP contribution >= 0.6 is 15.9 Å². The number of rotatable bonds is 5. The molecule has 2 fully saturated rings. The van der Waals surface area contributed by atoms with Crippen molar-refractivity contribution in [1.29, 1.82) is 0 Å². The summed E-state index contributed by atoms with van der Waals surface area (Å²) >= 11 is 3.75. The summed E-state index contributed by atoms with van der Waals surface area (Å²) in [6.45, 7) is 9.12. The number of nitrogens with one attached hydrogen (secondary N) is 1. The van der Waals surface area contributed by atoms with E-state index in [4.69, 9.17) is 0 Å². The molecule has 2 heterocycles. The Kier molecular flexibility index (Phi) is 5.19. The molecule has 0 aliphatic carbocycles. The van der Waals surface area contributed by atoms with E-state index in [1.54, 1.807) is 0 Å². The molecule has 1 aromatic rings. The first-order chi connectivity index (χ1) is 10.3. The van der Waals surface area contributed by atoms with Crippen LogP contribution in [-0.4, -0.2) is 43.7 Å². The summed E-state index contributed by atoms with van der Waals surface area (Å²) in [7, 11) is 0. The molecule has 116 valence electrons. The predicted octanol–water partition coefficient (Wildman–Crippen LogP) is 3.23. The molecule has 3 rings (SSSR count). The lowest BCUT2D eigenvalue weighted by Gasteiger charge is -2.39. The Bertz CT molecular complexity index is 477. The molecule has 0 amide bonds. The SMILES string of the molecule is CCCNCc1ccc(N2CCN3CCCC3C2)cc1Br. The van der Waals surface area contributed by atoms with Crippen molar-refractivity contribution in [3.05, 3.63) is 28.2 Å². The first-order valence-electron chi connectivity index (χ1n) is 8.26. The first-order valence-corrected chi connectivity index (χ1v) is 9.05. The first kappa shape index (κ1) is 15.3. The number of hydrogen-bond donors (Lipinski definition) is 1. The summed E-state index contributed by atoms with van der Waals surface area (Å²) in [5.41, 5.74) is 2.72. The number of fused-ring (bicyclic) bond motifs is 1. The summed E-state index contributed by atoms with van der Waals surface area (Å²) < 4.78 is 1.23. The summed E-state index contributed by atoms with van der Waals surface area (Å²) in [4.78, 5) is 5.22. The van der Waals surface area contributed by atoms with Crippen molar-refractivity contribution in [2.24, 2.45) is 0 Å². The Morgan fingerprint density at radius 1 is 1.29 bits per heavy atom. The zero-order valence-corrected chi connectivity index (χ0v) is 14.5. The highest BCUT2D eigenvalue weighted by atomic mass is 79.9. The summed E-state index contributed by atoms with van der Waals surface area (Å²) in [6, 6.07) is 7.64. The molecule has 21 heavy (non-hydrogen) atoms. The van der Waals surface area contributed by atoms with E-state index in [1.165, 1.54) is 54.6 Å². The monoisotopic (exact) mass is 351 g/mol. The van der Waals surface area contributed by atoms with Gasteiger partial charge in [0.2, 0.25) is 0 Å². The van der Waals surface area contributed by atoms with Crippen LogP contribution in [0.3, 0.4) is 0 Å². The van der Waals surface area contributed by atoms with E-state index in [9.17, 15) is 0 Å². The molecule has 2 aliphatic heterocycles. The van der Waals surface area contributed by atoms with E-state index in [0.717, 1.165) is 25.7 Å². The molecule has 1 unspecified atom stereocenters. The zero-order valence-electron chi connectivity index (χ0n) is 12.9. The van der Waals surface area contributed by atoms with Crippen LogP contribution in [0.15, 0.2) is 22.7 Å². The molecule has 1 aromatic carbocycles. The molecule has 3 nitrogen and oxygen atoms in total. The third-order valence-corrected chi connectivity index (χ3v) is 5.47. The number of piperazine rings is 1. The highest BCUT2D eigenvalue weighted by Crippen LogP contribution is 2.28. The third-order valence-electron chi connectivity index (χ3n) is 4.73. The number of hydrogen-bond acceptors (Lipinski definition) is 3.